The van der Waals surface area contributed by atoms with Gasteiger partial charge in [-0.3, -0.25) is 9.69 Å². The lowest BCUT2D eigenvalue weighted by atomic mass is 9.88. The molecule has 0 aliphatic carbocycles. The zero-order chi connectivity index (χ0) is 11.5. The van der Waals surface area contributed by atoms with Crippen LogP contribution < -0.4 is 0 Å². The van der Waals surface area contributed by atoms with Crippen LogP contribution in [0.15, 0.2) is 0 Å². The quantitative estimate of drug-likeness (QED) is 0.741. The number of likely N-dealkylation sites (N-methyl/N-ethyl adjacent to an activating group) is 1. The summed E-state index contributed by atoms with van der Waals surface area (Å²) < 4.78 is 0. The molecule has 0 rings (SSSR count). The van der Waals surface area contributed by atoms with Gasteiger partial charge in [-0.15, -0.1) is 0 Å². The lowest BCUT2D eigenvalue weighted by Crippen LogP contribution is -2.54. The molecule has 0 bridgehead atoms. The molecule has 0 aliphatic heterocycles. The fourth-order valence-electron chi connectivity index (χ4n) is 1.75. The predicted octanol–water partition coefficient (Wildman–Crippen LogP) is 2.22. The summed E-state index contributed by atoms with van der Waals surface area (Å²) in [6, 6.07) is 0.245. The van der Waals surface area contributed by atoms with Gasteiger partial charge < -0.3 is 5.11 Å². The third-order valence-electron chi connectivity index (χ3n) is 2.82. The van der Waals surface area contributed by atoms with Crippen molar-refractivity contribution in [3.05, 3.63) is 0 Å². The maximum absolute atomic E-state index is 11.3. The van der Waals surface area contributed by atoms with Gasteiger partial charge in [-0.1, -0.05) is 13.8 Å². The van der Waals surface area contributed by atoms with Crippen LogP contribution in [0, 0.1) is 5.92 Å². The van der Waals surface area contributed by atoms with E-state index >= 15 is 0 Å². The molecule has 0 aliphatic rings. The molecule has 0 saturated heterocycles. The Morgan fingerprint density at radius 1 is 1.36 bits per heavy atom. The average molecular weight is 201 g/mol. The van der Waals surface area contributed by atoms with Crippen molar-refractivity contribution in [3.8, 4) is 0 Å². The maximum Gasteiger partial charge on any atom is 0.323 e. The van der Waals surface area contributed by atoms with Crippen LogP contribution in [0.1, 0.15) is 41.0 Å². The summed E-state index contributed by atoms with van der Waals surface area (Å²) in [5, 5.41) is 9.26. The smallest absolute Gasteiger partial charge is 0.323 e. The highest BCUT2D eigenvalue weighted by Gasteiger charge is 2.38. The minimum absolute atomic E-state index is 0.245. The Hall–Kier alpha value is -0.570. The van der Waals surface area contributed by atoms with E-state index < -0.39 is 11.5 Å². The van der Waals surface area contributed by atoms with Gasteiger partial charge in [-0.05, 0) is 40.2 Å². The van der Waals surface area contributed by atoms with Crippen molar-refractivity contribution >= 4 is 5.97 Å². The Labute approximate surface area is 87.1 Å². The monoisotopic (exact) mass is 201 g/mol. The Balaban J connectivity index is 4.80. The van der Waals surface area contributed by atoms with Crippen LogP contribution in [0.25, 0.3) is 0 Å². The number of carbonyl (C=O) groups is 1. The van der Waals surface area contributed by atoms with E-state index in [4.69, 9.17) is 0 Å². The van der Waals surface area contributed by atoms with Crippen LogP contribution in [-0.2, 0) is 4.79 Å². The number of carboxylic acid groups (broad SMARTS) is 1. The fourth-order valence-corrected chi connectivity index (χ4v) is 1.75. The molecule has 0 fully saturated rings. The summed E-state index contributed by atoms with van der Waals surface area (Å²) in [5.74, 6) is -0.347. The zero-order valence-corrected chi connectivity index (χ0v) is 10.2. The second kappa shape index (κ2) is 4.78. The number of hydrogen-bond acceptors (Lipinski definition) is 2. The summed E-state index contributed by atoms with van der Waals surface area (Å²) in [6.45, 7) is 9.93. The van der Waals surface area contributed by atoms with Gasteiger partial charge >= 0.3 is 5.97 Å². The summed E-state index contributed by atoms with van der Waals surface area (Å²) >= 11 is 0. The standard InChI is InChI=1S/C11H23NO2/c1-8(2)7-11(5,10(13)14)12(6)9(3)4/h8-9H,7H2,1-6H3,(H,13,14). The topological polar surface area (TPSA) is 40.5 Å². The van der Waals surface area contributed by atoms with Crippen molar-refractivity contribution in [1.82, 2.24) is 4.90 Å². The third kappa shape index (κ3) is 2.98. The number of aliphatic carboxylic acids is 1. The minimum atomic E-state index is -0.748. The van der Waals surface area contributed by atoms with E-state index in [-0.39, 0.29) is 6.04 Å². The van der Waals surface area contributed by atoms with E-state index in [2.05, 4.69) is 13.8 Å². The molecule has 3 nitrogen and oxygen atoms in total. The zero-order valence-electron chi connectivity index (χ0n) is 10.2. The van der Waals surface area contributed by atoms with Crippen molar-refractivity contribution in [2.75, 3.05) is 7.05 Å². The van der Waals surface area contributed by atoms with E-state index in [1.807, 2.05) is 25.8 Å². The van der Waals surface area contributed by atoms with Crippen LogP contribution in [0.3, 0.4) is 0 Å². The molecule has 14 heavy (non-hydrogen) atoms. The molecule has 1 atom stereocenters. The molecule has 3 heteroatoms. The van der Waals surface area contributed by atoms with Crippen LogP contribution in [-0.4, -0.2) is 34.6 Å². The van der Waals surface area contributed by atoms with Crippen molar-refractivity contribution < 1.29 is 9.90 Å². The average Bonchev–Trinajstić information content (AvgIpc) is 2.00. The van der Waals surface area contributed by atoms with Crippen molar-refractivity contribution in [2.45, 2.75) is 52.6 Å². The van der Waals surface area contributed by atoms with Crippen molar-refractivity contribution in [3.63, 3.8) is 0 Å². The Morgan fingerprint density at radius 2 is 1.79 bits per heavy atom. The number of carboxylic acids is 1. The van der Waals surface area contributed by atoms with Gasteiger partial charge in [-0.2, -0.15) is 0 Å². The molecule has 1 unspecified atom stereocenters. The second-order valence-corrected chi connectivity index (χ2v) is 4.88. The molecule has 0 saturated carbocycles. The van der Waals surface area contributed by atoms with E-state index in [9.17, 15) is 9.90 Å². The third-order valence-corrected chi connectivity index (χ3v) is 2.82. The van der Waals surface area contributed by atoms with Gasteiger partial charge in [0.05, 0.1) is 0 Å². The minimum Gasteiger partial charge on any atom is -0.480 e. The number of hydrogen-bond donors (Lipinski definition) is 1. The highest BCUT2D eigenvalue weighted by atomic mass is 16.4. The molecule has 0 aromatic heterocycles. The van der Waals surface area contributed by atoms with Crippen LogP contribution >= 0.6 is 0 Å². The summed E-state index contributed by atoms with van der Waals surface area (Å²) in [6.07, 6.45) is 0.678. The highest BCUT2D eigenvalue weighted by molar-refractivity contribution is 5.78. The molecule has 0 aromatic rings. The second-order valence-electron chi connectivity index (χ2n) is 4.88. The lowest BCUT2D eigenvalue weighted by Gasteiger charge is -2.39. The molecule has 0 amide bonds. The van der Waals surface area contributed by atoms with Gasteiger partial charge in [0.2, 0.25) is 0 Å². The molecule has 0 aromatic carbocycles. The predicted molar refractivity (Wildman–Crippen MR) is 58.4 cm³/mol. The molecule has 0 spiro atoms. The number of nitrogens with zero attached hydrogens (tertiary/aromatic N) is 1. The Bertz CT molecular complexity index is 201. The van der Waals surface area contributed by atoms with E-state index in [0.29, 0.717) is 12.3 Å². The van der Waals surface area contributed by atoms with Gasteiger partial charge in [0.1, 0.15) is 5.54 Å². The number of rotatable bonds is 5. The van der Waals surface area contributed by atoms with Gasteiger partial charge in [-0.25, -0.2) is 0 Å². The first-order valence-corrected chi connectivity index (χ1v) is 5.18. The van der Waals surface area contributed by atoms with Crippen molar-refractivity contribution in [2.24, 2.45) is 5.92 Å². The first-order valence-electron chi connectivity index (χ1n) is 5.18. The summed E-state index contributed by atoms with van der Waals surface area (Å²) in [7, 11) is 1.88. The first kappa shape index (κ1) is 13.4. The molecule has 0 radical (unpaired) electrons. The lowest BCUT2D eigenvalue weighted by molar-refractivity contribution is -0.152. The Kier molecular flexibility index (Phi) is 4.59. The SMILES string of the molecule is CC(C)CC(C)(C(=O)O)N(C)C(C)C. The molecular formula is C11H23NO2. The summed E-state index contributed by atoms with van der Waals surface area (Å²) in [5.41, 5.74) is -0.748. The summed E-state index contributed by atoms with van der Waals surface area (Å²) in [4.78, 5) is 13.2. The van der Waals surface area contributed by atoms with Gasteiger partial charge in [0.25, 0.3) is 0 Å². The molecular weight excluding hydrogens is 178 g/mol. The van der Waals surface area contributed by atoms with Gasteiger partial charge in [0, 0.05) is 6.04 Å². The molecule has 1 N–H and O–H groups in total. The normalized spacial score (nSPS) is 16.4. The molecule has 0 heterocycles. The van der Waals surface area contributed by atoms with E-state index in [1.165, 1.54) is 0 Å². The highest BCUT2D eigenvalue weighted by Crippen LogP contribution is 2.24. The maximum atomic E-state index is 11.3. The fraction of sp³-hybridized carbons (Fsp3) is 0.909. The van der Waals surface area contributed by atoms with Crippen LogP contribution in [0.4, 0.5) is 0 Å². The molecule has 84 valence electrons. The van der Waals surface area contributed by atoms with E-state index in [1.54, 1.807) is 6.92 Å². The largest absolute Gasteiger partial charge is 0.480 e. The van der Waals surface area contributed by atoms with E-state index in [0.717, 1.165) is 0 Å². The Morgan fingerprint density at radius 3 is 2.00 bits per heavy atom. The first-order chi connectivity index (χ1) is 6.21. The van der Waals surface area contributed by atoms with Crippen LogP contribution in [0.5, 0.6) is 0 Å². The van der Waals surface area contributed by atoms with Crippen molar-refractivity contribution in [1.29, 1.82) is 0 Å². The van der Waals surface area contributed by atoms with Crippen LogP contribution in [0.2, 0.25) is 0 Å². The van der Waals surface area contributed by atoms with Gasteiger partial charge in [0.15, 0.2) is 0 Å².